The van der Waals surface area contributed by atoms with Gasteiger partial charge in [0.25, 0.3) is 0 Å². The highest BCUT2D eigenvalue weighted by molar-refractivity contribution is 7.09. The fraction of sp³-hybridized carbons (Fsp3) is 0.357. The number of likely N-dealkylation sites (N-methyl/N-ethyl adjacent to an activating group) is 1. The lowest BCUT2D eigenvalue weighted by Crippen LogP contribution is -2.18. The minimum Gasteiger partial charge on any atom is -0.497 e. The fourth-order valence-corrected chi connectivity index (χ4v) is 2.60. The zero-order valence-electron chi connectivity index (χ0n) is 11.3. The van der Waals surface area contributed by atoms with E-state index >= 15 is 0 Å². The van der Waals surface area contributed by atoms with Crippen molar-refractivity contribution in [3.63, 3.8) is 0 Å². The molecule has 4 nitrogen and oxygen atoms in total. The minimum absolute atomic E-state index is 0.212. The van der Waals surface area contributed by atoms with E-state index in [1.165, 1.54) is 4.88 Å². The van der Waals surface area contributed by atoms with Gasteiger partial charge in [-0.25, -0.2) is 0 Å². The molecule has 0 fully saturated rings. The Kier molecular flexibility index (Phi) is 4.76. The number of hydrogen-bond donors (Lipinski definition) is 1. The van der Waals surface area contributed by atoms with Crippen LogP contribution in [0.15, 0.2) is 29.9 Å². The van der Waals surface area contributed by atoms with Crippen molar-refractivity contribution in [3.05, 3.63) is 40.3 Å². The van der Waals surface area contributed by atoms with Crippen LogP contribution in [-0.2, 0) is 6.42 Å². The van der Waals surface area contributed by atoms with Crippen molar-refractivity contribution in [3.8, 4) is 11.5 Å². The van der Waals surface area contributed by atoms with E-state index in [2.05, 4.69) is 10.3 Å². The third-order valence-electron chi connectivity index (χ3n) is 3.01. The number of thiazole rings is 1. The van der Waals surface area contributed by atoms with Crippen LogP contribution in [0.5, 0.6) is 11.5 Å². The Morgan fingerprint density at radius 1 is 1.21 bits per heavy atom. The van der Waals surface area contributed by atoms with Gasteiger partial charge in [-0.15, -0.1) is 11.3 Å². The van der Waals surface area contributed by atoms with E-state index < -0.39 is 0 Å². The maximum atomic E-state index is 5.31. The number of rotatable bonds is 6. The number of nitrogens with one attached hydrogen (secondary N) is 1. The number of hydrogen-bond acceptors (Lipinski definition) is 5. The highest BCUT2D eigenvalue weighted by Gasteiger charge is 2.13. The second-order valence-electron chi connectivity index (χ2n) is 4.16. The summed E-state index contributed by atoms with van der Waals surface area (Å²) in [6.07, 6.45) is 2.81. The summed E-state index contributed by atoms with van der Waals surface area (Å²) in [6.45, 7) is 0. The van der Waals surface area contributed by atoms with Crippen LogP contribution in [0, 0.1) is 0 Å². The molecule has 1 heterocycles. The number of nitrogens with zero attached hydrogens (tertiary/aromatic N) is 1. The molecule has 0 saturated carbocycles. The first kappa shape index (κ1) is 13.8. The van der Waals surface area contributed by atoms with E-state index in [1.807, 2.05) is 37.0 Å². The molecule has 5 heteroatoms. The van der Waals surface area contributed by atoms with E-state index in [4.69, 9.17) is 9.47 Å². The Labute approximate surface area is 117 Å². The molecule has 102 valence electrons. The van der Waals surface area contributed by atoms with Crippen LogP contribution < -0.4 is 14.8 Å². The normalized spacial score (nSPS) is 12.2. The zero-order chi connectivity index (χ0) is 13.7. The lowest BCUT2D eigenvalue weighted by Gasteiger charge is -2.17. The first-order valence-electron chi connectivity index (χ1n) is 6.04. The molecule has 0 bridgehead atoms. The summed E-state index contributed by atoms with van der Waals surface area (Å²) in [5.41, 5.74) is 3.00. The average Bonchev–Trinajstić information content (AvgIpc) is 2.97. The number of ether oxygens (including phenoxy) is 2. The van der Waals surface area contributed by atoms with Crippen LogP contribution in [0.4, 0.5) is 0 Å². The van der Waals surface area contributed by atoms with E-state index in [-0.39, 0.29) is 6.04 Å². The summed E-state index contributed by atoms with van der Waals surface area (Å²) in [5, 5.41) is 3.33. The Morgan fingerprint density at radius 2 is 1.89 bits per heavy atom. The summed E-state index contributed by atoms with van der Waals surface area (Å²) in [4.78, 5) is 5.36. The van der Waals surface area contributed by atoms with Crippen LogP contribution >= 0.6 is 11.3 Å². The molecule has 2 rings (SSSR count). The summed E-state index contributed by atoms with van der Waals surface area (Å²) < 4.78 is 10.6. The molecular formula is C14H18N2O2S. The van der Waals surface area contributed by atoms with E-state index in [9.17, 15) is 0 Å². The zero-order valence-corrected chi connectivity index (χ0v) is 12.2. The number of benzene rings is 1. The SMILES string of the molecule is CNC(Cc1cncs1)c1cc(OC)cc(OC)c1. The van der Waals surface area contributed by atoms with Crippen LogP contribution in [0.25, 0.3) is 0 Å². The van der Waals surface area contributed by atoms with Gasteiger partial charge in [0.2, 0.25) is 0 Å². The van der Waals surface area contributed by atoms with Gasteiger partial charge in [-0.2, -0.15) is 0 Å². The molecule has 1 aromatic carbocycles. The van der Waals surface area contributed by atoms with Crippen molar-refractivity contribution in [2.75, 3.05) is 21.3 Å². The van der Waals surface area contributed by atoms with Crippen LogP contribution in [-0.4, -0.2) is 26.3 Å². The molecule has 19 heavy (non-hydrogen) atoms. The summed E-state index contributed by atoms with van der Waals surface area (Å²) >= 11 is 1.67. The van der Waals surface area contributed by atoms with Crippen molar-refractivity contribution in [2.45, 2.75) is 12.5 Å². The average molecular weight is 278 g/mol. The maximum Gasteiger partial charge on any atom is 0.122 e. The largest absolute Gasteiger partial charge is 0.497 e. The quantitative estimate of drug-likeness (QED) is 0.882. The Balaban J connectivity index is 2.26. The van der Waals surface area contributed by atoms with Crippen molar-refractivity contribution < 1.29 is 9.47 Å². The molecule has 2 aromatic rings. The second-order valence-corrected chi connectivity index (χ2v) is 5.13. The molecule has 0 aliphatic heterocycles. The number of methoxy groups -OCH3 is 2. The summed E-state index contributed by atoms with van der Waals surface area (Å²) in [7, 11) is 5.28. The van der Waals surface area contributed by atoms with Crippen molar-refractivity contribution >= 4 is 11.3 Å². The summed E-state index contributed by atoms with van der Waals surface area (Å²) in [5.74, 6) is 1.61. The predicted molar refractivity (Wildman–Crippen MR) is 77.2 cm³/mol. The van der Waals surface area contributed by atoms with Crippen LogP contribution in [0.1, 0.15) is 16.5 Å². The smallest absolute Gasteiger partial charge is 0.122 e. The standard InChI is InChI=1S/C14H18N2O2S/c1-15-14(7-13-8-16-9-19-13)10-4-11(17-2)6-12(5-10)18-3/h4-6,8-9,14-15H,7H2,1-3H3. The van der Waals surface area contributed by atoms with Crippen molar-refractivity contribution in [1.82, 2.24) is 10.3 Å². The van der Waals surface area contributed by atoms with Gasteiger partial charge in [0.05, 0.1) is 19.7 Å². The van der Waals surface area contributed by atoms with Gasteiger partial charge in [-0.1, -0.05) is 0 Å². The Morgan fingerprint density at radius 3 is 2.37 bits per heavy atom. The predicted octanol–water partition coefficient (Wildman–Crippen LogP) is 2.66. The lowest BCUT2D eigenvalue weighted by atomic mass is 10.0. The van der Waals surface area contributed by atoms with Crippen molar-refractivity contribution in [1.29, 1.82) is 0 Å². The van der Waals surface area contributed by atoms with Crippen molar-refractivity contribution in [2.24, 2.45) is 0 Å². The molecule has 1 atom stereocenters. The van der Waals surface area contributed by atoms with Crippen LogP contribution in [0.2, 0.25) is 0 Å². The molecule has 0 amide bonds. The molecule has 0 spiro atoms. The molecule has 1 aromatic heterocycles. The summed E-state index contributed by atoms with van der Waals surface area (Å²) in [6, 6.07) is 6.16. The Hall–Kier alpha value is -1.59. The molecule has 1 N–H and O–H groups in total. The van der Waals surface area contributed by atoms with Crippen LogP contribution in [0.3, 0.4) is 0 Å². The Bertz CT molecular complexity index is 492. The van der Waals surface area contributed by atoms with Gasteiger partial charge in [-0.05, 0) is 24.7 Å². The van der Waals surface area contributed by atoms with Gasteiger partial charge < -0.3 is 14.8 Å². The second kappa shape index (κ2) is 6.54. The number of aromatic nitrogens is 1. The van der Waals surface area contributed by atoms with Gasteiger partial charge >= 0.3 is 0 Å². The first-order chi connectivity index (χ1) is 9.26. The molecule has 1 unspecified atom stereocenters. The fourth-order valence-electron chi connectivity index (χ4n) is 1.96. The topological polar surface area (TPSA) is 43.4 Å². The monoisotopic (exact) mass is 278 g/mol. The molecule has 0 aliphatic rings. The first-order valence-corrected chi connectivity index (χ1v) is 6.92. The highest BCUT2D eigenvalue weighted by Crippen LogP contribution is 2.28. The molecule has 0 radical (unpaired) electrons. The van der Waals surface area contributed by atoms with Gasteiger partial charge in [0.15, 0.2) is 0 Å². The van der Waals surface area contributed by atoms with Gasteiger partial charge in [-0.3, -0.25) is 4.98 Å². The minimum atomic E-state index is 0.212. The maximum absolute atomic E-state index is 5.31. The third kappa shape index (κ3) is 3.45. The molecule has 0 saturated heterocycles. The van der Waals surface area contributed by atoms with E-state index in [0.717, 1.165) is 23.5 Å². The molecule has 0 aliphatic carbocycles. The molecular weight excluding hydrogens is 260 g/mol. The van der Waals surface area contributed by atoms with Gasteiger partial charge in [0.1, 0.15) is 11.5 Å². The highest BCUT2D eigenvalue weighted by atomic mass is 32.1. The van der Waals surface area contributed by atoms with E-state index in [0.29, 0.717) is 0 Å². The third-order valence-corrected chi connectivity index (χ3v) is 3.82. The lowest BCUT2D eigenvalue weighted by molar-refractivity contribution is 0.392. The van der Waals surface area contributed by atoms with Gasteiger partial charge in [0, 0.05) is 29.6 Å². The van der Waals surface area contributed by atoms with E-state index in [1.54, 1.807) is 25.6 Å².